The number of aromatic nitrogens is 1. The molecule has 5 heteroatoms. The number of nitrogens with zero attached hydrogens (tertiary/aromatic N) is 1. The normalized spacial score (nSPS) is 16.1. The van der Waals surface area contributed by atoms with Gasteiger partial charge in [-0.2, -0.15) is 0 Å². The Kier molecular flexibility index (Phi) is 4.52. The van der Waals surface area contributed by atoms with Crippen molar-refractivity contribution < 1.29 is 19.4 Å². The van der Waals surface area contributed by atoms with Crippen LogP contribution in [0.5, 0.6) is 11.5 Å². The number of hydrogen-bond donors (Lipinski definition) is 1. The molecule has 0 radical (unpaired) electrons. The summed E-state index contributed by atoms with van der Waals surface area (Å²) in [5.41, 5.74) is 4.14. The van der Waals surface area contributed by atoms with Gasteiger partial charge in [-0.25, -0.2) is 0 Å². The van der Waals surface area contributed by atoms with Crippen molar-refractivity contribution in [3.8, 4) is 11.5 Å². The van der Waals surface area contributed by atoms with E-state index in [4.69, 9.17) is 9.47 Å². The summed E-state index contributed by atoms with van der Waals surface area (Å²) in [7, 11) is 3.25. The monoisotopic (exact) mass is 365 g/mol. The van der Waals surface area contributed by atoms with Crippen LogP contribution >= 0.6 is 0 Å². The highest BCUT2D eigenvalue weighted by Gasteiger charge is 2.33. The molecule has 0 spiro atoms. The van der Waals surface area contributed by atoms with Crippen LogP contribution in [0.15, 0.2) is 42.5 Å². The average Bonchev–Trinajstić information content (AvgIpc) is 3.01. The molecule has 1 aliphatic rings. The summed E-state index contributed by atoms with van der Waals surface area (Å²) >= 11 is 0. The summed E-state index contributed by atoms with van der Waals surface area (Å²) in [5, 5.41) is 10.7. The molecular formula is C22H23NO4. The highest BCUT2D eigenvalue weighted by atomic mass is 16.5. The fourth-order valence-electron chi connectivity index (χ4n) is 4.23. The van der Waals surface area contributed by atoms with Gasteiger partial charge in [0, 0.05) is 29.8 Å². The van der Waals surface area contributed by atoms with Crippen molar-refractivity contribution in [2.75, 3.05) is 14.2 Å². The molecule has 0 saturated heterocycles. The van der Waals surface area contributed by atoms with Gasteiger partial charge in [0.1, 0.15) is 11.5 Å². The molecule has 1 unspecified atom stereocenters. The van der Waals surface area contributed by atoms with Crippen molar-refractivity contribution in [1.82, 2.24) is 4.57 Å². The van der Waals surface area contributed by atoms with Crippen molar-refractivity contribution in [2.24, 2.45) is 0 Å². The molecule has 0 amide bonds. The van der Waals surface area contributed by atoms with Gasteiger partial charge in [-0.05, 0) is 30.4 Å². The number of fused-ring (bicyclic) bond motifs is 3. The van der Waals surface area contributed by atoms with E-state index >= 15 is 0 Å². The van der Waals surface area contributed by atoms with Crippen LogP contribution in [0.4, 0.5) is 0 Å². The lowest BCUT2D eigenvalue weighted by molar-refractivity contribution is -0.139. The van der Waals surface area contributed by atoms with Gasteiger partial charge < -0.3 is 19.1 Å². The molecule has 2 aromatic carbocycles. The summed E-state index contributed by atoms with van der Waals surface area (Å²) < 4.78 is 13.3. The Morgan fingerprint density at radius 1 is 1.19 bits per heavy atom. The van der Waals surface area contributed by atoms with E-state index in [1.54, 1.807) is 14.2 Å². The van der Waals surface area contributed by atoms with E-state index in [2.05, 4.69) is 16.7 Å². The van der Waals surface area contributed by atoms with Crippen molar-refractivity contribution in [3.63, 3.8) is 0 Å². The smallest absolute Gasteiger partial charge is 0.311 e. The molecule has 0 aliphatic heterocycles. The highest BCUT2D eigenvalue weighted by molar-refractivity contribution is 5.97. The molecule has 1 N–H and O–H groups in total. The molecule has 3 aromatic rings. The summed E-state index contributed by atoms with van der Waals surface area (Å²) in [4.78, 5) is 12.0. The average molecular weight is 365 g/mol. The maximum atomic E-state index is 12.0. The standard InChI is InChI=1S/C22H23NO4/c1-26-15-11-18-21(19(12-15)27-2)20-16(22(24)25)9-6-10-17(20)23(18)13-14-7-4-3-5-8-14/h3-5,7-8,11-12,16H,6,9-10,13H2,1-2H3,(H,24,25). The summed E-state index contributed by atoms with van der Waals surface area (Å²) in [6.07, 6.45) is 2.39. The minimum atomic E-state index is -0.771. The molecule has 1 aromatic heterocycles. The number of carboxylic acid groups (broad SMARTS) is 1. The molecule has 0 saturated carbocycles. The first-order chi connectivity index (χ1) is 13.1. The fourth-order valence-corrected chi connectivity index (χ4v) is 4.23. The van der Waals surface area contributed by atoms with Crippen LogP contribution in [-0.4, -0.2) is 29.9 Å². The van der Waals surface area contributed by atoms with Gasteiger partial charge in [0.05, 0.1) is 25.7 Å². The van der Waals surface area contributed by atoms with Crippen molar-refractivity contribution >= 4 is 16.9 Å². The molecule has 4 rings (SSSR count). The van der Waals surface area contributed by atoms with Crippen LogP contribution in [0.25, 0.3) is 10.9 Å². The Morgan fingerprint density at radius 2 is 1.96 bits per heavy atom. The summed E-state index contributed by atoms with van der Waals surface area (Å²) in [5.74, 6) is 0.0964. The number of carboxylic acids is 1. The molecule has 27 heavy (non-hydrogen) atoms. The Bertz CT molecular complexity index is 991. The maximum absolute atomic E-state index is 12.0. The van der Waals surface area contributed by atoms with Crippen molar-refractivity contribution in [3.05, 3.63) is 59.3 Å². The number of carbonyl (C=O) groups is 1. The Morgan fingerprint density at radius 3 is 2.63 bits per heavy atom. The predicted molar refractivity (Wildman–Crippen MR) is 104 cm³/mol. The number of benzene rings is 2. The third kappa shape index (κ3) is 2.93. The largest absolute Gasteiger partial charge is 0.497 e. The first-order valence-corrected chi connectivity index (χ1v) is 9.17. The molecule has 5 nitrogen and oxygen atoms in total. The van der Waals surface area contributed by atoms with Gasteiger partial charge >= 0.3 is 5.97 Å². The zero-order valence-electron chi connectivity index (χ0n) is 15.6. The second-order valence-electron chi connectivity index (χ2n) is 6.94. The maximum Gasteiger partial charge on any atom is 0.311 e. The second-order valence-corrected chi connectivity index (χ2v) is 6.94. The molecular weight excluding hydrogens is 342 g/mol. The van der Waals surface area contributed by atoms with Gasteiger partial charge in [0.25, 0.3) is 0 Å². The number of rotatable bonds is 5. The minimum Gasteiger partial charge on any atom is -0.497 e. The molecule has 1 atom stereocenters. The summed E-state index contributed by atoms with van der Waals surface area (Å²) in [6.45, 7) is 0.690. The highest BCUT2D eigenvalue weighted by Crippen LogP contribution is 2.45. The minimum absolute atomic E-state index is 0.504. The van der Waals surface area contributed by atoms with Crippen LogP contribution in [0.3, 0.4) is 0 Å². The Balaban J connectivity index is 2.02. The first-order valence-electron chi connectivity index (χ1n) is 9.17. The number of hydrogen-bond acceptors (Lipinski definition) is 3. The fraction of sp³-hybridized carbons (Fsp3) is 0.318. The van der Waals surface area contributed by atoms with Crippen LogP contribution < -0.4 is 9.47 Å². The summed E-state index contributed by atoms with van der Waals surface area (Å²) in [6, 6.07) is 14.0. The van der Waals surface area contributed by atoms with Gasteiger partial charge in [0.2, 0.25) is 0 Å². The van der Waals surface area contributed by atoms with Gasteiger partial charge in [-0.15, -0.1) is 0 Å². The van der Waals surface area contributed by atoms with Crippen LogP contribution in [0.1, 0.15) is 35.6 Å². The number of aliphatic carboxylic acids is 1. The van der Waals surface area contributed by atoms with Crippen LogP contribution in [0, 0.1) is 0 Å². The van der Waals surface area contributed by atoms with E-state index in [0.717, 1.165) is 35.0 Å². The van der Waals surface area contributed by atoms with Gasteiger partial charge in [0.15, 0.2) is 0 Å². The predicted octanol–water partition coefficient (Wildman–Crippen LogP) is 4.21. The number of ether oxygens (including phenoxy) is 2. The topological polar surface area (TPSA) is 60.7 Å². The van der Waals surface area contributed by atoms with E-state index in [1.807, 2.05) is 30.3 Å². The number of methoxy groups -OCH3 is 2. The Hall–Kier alpha value is -2.95. The second kappa shape index (κ2) is 6.99. The Labute approximate surface area is 158 Å². The third-order valence-electron chi connectivity index (χ3n) is 5.44. The van der Waals surface area contributed by atoms with Crippen LogP contribution in [0.2, 0.25) is 0 Å². The SMILES string of the molecule is COc1cc(OC)c2c3c(n(Cc4ccccc4)c2c1)CCCC3C(=O)O. The molecule has 0 bridgehead atoms. The van der Waals surface area contributed by atoms with Crippen molar-refractivity contribution in [2.45, 2.75) is 31.7 Å². The van der Waals surface area contributed by atoms with E-state index in [9.17, 15) is 9.90 Å². The zero-order chi connectivity index (χ0) is 19.0. The van der Waals surface area contributed by atoms with Gasteiger partial charge in [-0.1, -0.05) is 30.3 Å². The van der Waals surface area contributed by atoms with E-state index < -0.39 is 11.9 Å². The lowest BCUT2D eigenvalue weighted by atomic mass is 9.85. The molecule has 1 heterocycles. The lowest BCUT2D eigenvalue weighted by Gasteiger charge is -2.21. The van der Waals surface area contributed by atoms with Crippen molar-refractivity contribution in [1.29, 1.82) is 0 Å². The lowest BCUT2D eigenvalue weighted by Crippen LogP contribution is -2.19. The molecule has 140 valence electrons. The van der Waals surface area contributed by atoms with Gasteiger partial charge in [-0.3, -0.25) is 4.79 Å². The van der Waals surface area contributed by atoms with Crippen LogP contribution in [-0.2, 0) is 17.8 Å². The quantitative estimate of drug-likeness (QED) is 0.736. The first kappa shape index (κ1) is 17.5. The molecule has 1 aliphatic carbocycles. The zero-order valence-corrected chi connectivity index (χ0v) is 15.6. The molecule has 0 fully saturated rings. The van der Waals surface area contributed by atoms with E-state index in [-0.39, 0.29) is 0 Å². The van der Waals surface area contributed by atoms with E-state index in [1.165, 1.54) is 5.56 Å². The van der Waals surface area contributed by atoms with E-state index in [0.29, 0.717) is 24.5 Å². The third-order valence-corrected chi connectivity index (χ3v) is 5.44.